The average Bonchev–Trinajstić information content (AvgIpc) is 2.45. The highest BCUT2D eigenvalue weighted by atomic mass is 32.2. The molecule has 0 aromatic heterocycles. The molecule has 4 heteroatoms. The Balaban J connectivity index is 2.26. The van der Waals surface area contributed by atoms with Gasteiger partial charge in [-0.05, 0) is 30.4 Å². The minimum absolute atomic E-state index is 0.205. The maximum atomic E-state index is 11.6. The average molecular weight is 289 g/mol. The summed E-state index contributed by atoms with van der Waals surface area (Å²) in [6.45, 7) is 4.01. The highest BCUT2D eigenvalue weighted by Crippen LogP contribution is 2.32. The fourth-order valence-electron chi connectivity index (χ4n) is 2.22. The minimum Gasteiger partial charge on any atom is -0.285 e. The molecular formula is C16H17O3S. The van der Waals surface area contributed by atoms with E-state index in [9.17, 15) is 13.0 Å². The van der Waals surface area contributed by atoms with Crippen molar-refractivity contribution in [1.29, 1.82) is 0 Å². The molecule has 0 spiro atoms. The molecule has 105 valence electrons. The van der Waals surface area contributed by atoms with Gasteiger partial charge in [-0.15, -0.1) is 0 Å². The highest BCUT2D eigenvalue weighted by molar-refractivity contribution is 7.86. The molecule has 0 saturated carbocycles. The van der Waals surface area contributed by atoms with Gasteiger partial charge in [-0.2, -0.15) is 8.42 Å². The molecule has 1 N–H and O–H groups in total. The van der Waals surface area contributed by atoms with Crippen LogP contribution in [-0.2, 0) is 10.1 Å². The summed E-state index contributed by atoms with van der Waals surface area (Å²) in [7, 11) is -4.16. The molecule has 0 saturated heterocycles. The van der Waals surface area contributed by atoms with Crippen LogP contribution in [0.15, 0.2) is 60.7 Å². The maximum absolute atomic E-state index is 11.6. The standard InChI is InChI=1S/C16H17O3S/c1-13(14-8-4-2-5-9-14)12-16(20(17,18)19)15-10-6-3-7-11-15/h2-11,13,16H,1,12H2,(H,17,18,19). The van der Waals surface area contributed by atoms with Crippen LogP contribution in [-0.4, -0.2) is 13.0 Å². The van der Waals surface area contributed by atoms with Gasteiger partial charge in [0.15, 0.2) is 0 Å². The van der Waals surface area contributed by atoms with E-state index in [1.54, 1.807) is 24.3 Å². The highest BCUT2D eigenvalue weighted by Gasteiger charge is 2.27. The van der Waals surface area contributed by atoms with E-state index in [1.165, 1.54) is 0 Å². The van der Waals surface area contributed by atoms with E-state index in [0.717, 1.165) is 5.56 Å². The van der Waals surface area contributed by atoms with E-state index in [-0.39, 0.29) is 12.3 Å². The van der Waals surface area contributed by atoms with Crippen LogP contribution < -0.4 is 0 Å². The Morgan fingerprint density at radius 2 is 1.35 bits per heavy atom. The summed E-state index contributed by atoms with van der Waals surface area (Å²) in [6.07, 6.45) is 0.243. The molecule has 2 rings (SSSR count). The zero-order valence-electron chi connectivity index (χ0n) is 11.0. The molecule has 3 nitrogen and oxygen atoms in total. The zero-order valence-corrected chi connectivity index (χ0v) is 11.8. The molecule has 2 aromatic rings. The van der Waals surface area contributed by atoms with Crippen molar-refractivity contribution in [3.05, 3.63) is 78.7 Å². The van der Waals surface area contributed by atoms with E-state index in [0.29, 0.717) is 5.56 Å². The quantitative estimate of drug-likeness (QED) is 0.855. The Hall–Kier alpha value is -1.65. The van der Waals surface area contributed by atoms with E-state index in [2.05, 4.69) is 6.92 Å². The Bertz CT molecular complexity index is 636. The van der Waals surface area contributed by atoms with Crippen molar-refractivity contribution >= 4 is 10.1 Å². The van der Waals surface area contributed by atoms with Crippen LogP contribution in [0, 0.1) is 6.92 Å². The molecule has 0 bridgehead atoms. The Morgan fingerprint density at radius 3 is 1.80 bits per heavy atom. The van der Waals surface area contributed by atoms with E-state index >= 15 is 0 Å². The van der Waals surface area contributed by atoms with Crippen LogP contribution in [0.2, 0.25) is 0 Å². The minimum atomic E-state index is -4.16. The lowest BCUT2D eigenvalue weighted by Gasteiger charge is -2.19. The summed E-state index contributed by atoms with van der Waals surface area (Å²) in [5.74, 6) is -0.205. The summed E-state index contributed by atoms with van der Waals surface area (Å²) in [4.78, 5) is 0. The van der Waals surface area contributed by atoms with Crippen molar-refractivity contribution in [1.82, 2.24) is 0 Å². The second kappa shape index (κ2) is 6.20. The topological polar surface area (TPSA) is 54.4 Å². The van der Waals surface area contributed by atoms with Crippen molar-refractivity contribution in [3.63, 3.8) is 0 Å². The van der Waals surface area contributed by atoms with Crippen LogP contribution in [0.4, 0.5) is 0 Å². The molecule has 0 aliphatic heterocycles. The van der Waals surface area contributed by atoms with Gasteiger partial charge in [-0.25, -0.2) is 0 Å². The van der Waals surface area contributed by atoms with Crippen LogP contribution in [0.25, 0.3) is 0 Å². The van der Waals surface area contributed by atoms with E-state index in [1.807, 2.05) is 36.4 Å². The third kappa shape index (κ3) is 3.68. The van der Waals surface area contributed by atoms with Crippen molar-refractivity contribution in [2.45, 2.75) is 17.6 Å². The van der Waals surface area contributed by atoms with Gasteiger partial charge in [0.2, 0.25) is 0 Å². The second-order valence-corrected chi connectivity index (χ2v) is 6.36. The molecule has 20 heavy (non-hydrogen) atoms. The SMILES string of the molecule is [CH2]C(CC(c1ccccc1)S(=O)(=O)O)c1ccccc1. The Morgan fingerprint density at radius 1 is 0.900 bits per heavy atom. The van der Waals surface area contributed by atoms with Crippen LogP contribution in [0.1, 0.15) is 28.7 Å². The Labute approximate surface area is 120 Å². The number of benzene rings is 2. The molecule has 1 radical (unpaired) electrons. The van der Waals surface area contributed by atoms with Crippen molar-refractivity contribution in [2.24, 2.45) is 0 Å². The van der Waals surface area contributed by atoms with Gasteiger partial charge >= 0.3 is 0 Å². The first-order valence-electron chi connectivity index (χ1n) is 6.38. The van der Waals surface area contributed by atoms with E-state index < -0.39 is 15.4 Å². The molecule has 2 aromatic carbocycles. The summed E-state index contributed by atoms with van der Waals surface area (Å²) < 4.78 is 32.7. The van der Waals surface area contributed by atoms with Crippen molar-refractivity contribution in [2.75, 3.05) is 0 Å². The molecule has 2 atom stereocenters. The van der Waals surface area contributed by atoms with Crippen molar-refractivity contribution < 1.29 is 13.0 Å². The van der Waals surface area contributed by atoms with Gasteiger partial charge in [-0.1, -0.05) is 60.7 Å². The smallest absolute Gasteiger partial charge is 0.272 e. The van der Waals surface area contributed by atoms with Gasteiger partial charge in [0.05, 0.1) is 0 Å². The fraction of sp³-hybridized carbons (Fsp3) is 0.188. The summed E-state index contributed by atoms with van der Waals surface area (Å²) >= 11 is 0. The van der Waals surface area contributed by atoms with Crippen LogP contribution >= 0.6 is 0 Å². The summed E-state index contributed by atoms with van der Waals surface area (Å²) in [5.41, 5.74) is 1.54. The van der Waals surface area contributed by atoms with Gasteiger partial charge in [0, 0.05) is 0 Å². The van der Waals surface area contributed by atoms with Crippen molar-refractivity contribution in [3.8, 4) is 0 Å². The van der Waals surface area contributed by atoms with Gasteiger partial charge in [0.25, 0.3) is 10.1 Å². The summed E-state index contributed by atoms with van der Waals surface area (Å²) in [6, 6.07) is 18.2. The lowest BCUT2D eigenvalue weighted by Crippen LogP contribution is -2.15. The predicted molar refractivity (Wildman–Crippen MR) is 79.9 cm³/mol. The van der Waals surface area contributed by atoms with Gasteiger partial charge < -0.3 is 0 Å². The normalized spacial score (nSPS) is 14.7. The molecule has 2 unspecified atom stereocenters. The Kier molecular flexibility index (Phi) is 4.57. The molecule has 0 fully saturated rings. The third-order valence-corrected chi connectivity index (χ3v) is 4.48. The molecule has 0 amide bonds. The first-order valence-corrected chi connectivity index (χ1v) is 7.88. The molecule has 0 aliphatic rings. The van der Waals surface area contributed by atoms with E-state index in [4.69, 9.17) is 0 Å². The largest absolute Gasteiger partial charge is 0.285 e. The lowest BCUT2D eigenvalue weighted by molar-refractivity contribution is 0.461. The number of hydrogen-bond acceptors (Lipinski definition) is 2. The predicted octanol–water partition coefficient (Wildman–Crippen LogP) is 3.62. The molecule has 0 aliphatic carbocycles. The zero-order chi connectivity index (χ0) is 14.6. The maximum Gasteiger partial charge on any atom is 0.272 e. The lowest BCUT2D eigenvalue weighted by atomic mass is 9.94. The first-order chi connectivity index (χ1) is 9.48. The third-order valence-electron chi connectivity index (χ3n) is 3.30. The molecular weight excluding hydrogens is 272 g/mol. The van der Waals surface area contributed by atoms with Gasteiger partial charge in [-0.3, -0.25) is 4.55 Å². The van der Waals surface area contributed by atoms with Crippen LogP contribution in [0.5, 0.6) is 0 Å². The summed E-state index contributed by atoms with van der Waals surface area (Å²) in [5, 5.41) is -0.952. The fourth-order valence-corrected chi connectivity index (χ4v) is 3.19. The number of hydrogen-bond donors (Lipinski definition) is 1. The van der Waals surface area contributed by atoms with Gasteiger partial charge in [0.1, 0.15) is 5.25 Å². The van der Waals surface area contributed by atoms with Crippen LogP contribution in [0.3, 0.4) is 0 Å². The molecule has 0 heterocycles. The monoisotopic (exact) mass is 289 g/mol. The number of rotatable bonds is 5. The first kappa shape index (κ1) is 14.8. The second-order valence-electron chi connectivity index (χ2n) is 4.76.